The first kappa shape index (κ1) is 13.5. The van der Waals surface area contributed by atoms with E-state index in [2.05, 4.69) is 0 Å². The third kappa shape index (κ3) is 2.84. The summed E-state index contributed by atoms with van der Waals surface area (Å²) < 4.78 is 5.67. The fraction of sp³-hybridized carbons (Fsp3) is 0.235. The molecule has 1 aliphatic rings. The van der Waals surface area contributed by atoms with Crippen molar-refractivity contribution < 1.29 is 14.6 Å². The van der Waals surface area contributed by atoms with Crippen LogP contribution in [0, 0.1) is 0 Å². The summed E-state index contributed by atoms with van der Waals surface area (Å²) in [4.78, 5) is 13.2. The minimum absolute atomic E-state index is 0.0217. The number of aliphatic carboxylic acids is 1. The number of carboxylic acid groups (broad SMARTS) is 1. The van der Waals surface area contributed by atoms with Gasteiger partial charge in [-0.3, -0.25) is 4.79 Å². The Balaban J connectivity index is 2.00. The lowest BCUT2D eigenvalue weighted by Gasteiger charge is -2.36. The summed E-state index contributed by atoms with van der Waals surface area (Å²) in [6.07, 6.45) is 0.777. The number of anilines is 1. The van der Waals surface area contributed by atoms with Crippen LogP contribution in [-0.4, -0.2) is 24.2 Å². The molecule has 2 aromatic rings. The van der Waals surface area contributed by atoms with Gasteiger partial charge in [0.25, 0.3) is 0 Å². The van der Waals surface area contributed by atoms with Gasteiger partial charge in [0, 0.05) is 17.7 Å². The van der Waals surface area contributed by atoms with E-state index in [0.29, 0.717) is 6.61 Å². The van der Waals surface area contributed by atoms with Gasteiger partial charge in [0.05, 0.1) is 12.6 Å². The van der Waals surface area contributed by atoms with Crippen molar-refractivity contribution >= 4 is 11.7 Å². The third-order valence-corrected chi connectivity index (χ3v) is 3.70. The lowest BCUT2D eigenvalue weighted by molar-refractivity contribution is -0.135. The van der Waals surface area contributed by atoms with Gasteiger partial charge in [0.1, 0.15) is 12.3 Å². The molecule has 4 nitrogen and oxygen atoms in total. The average Bonchev–Trinajstić information content (AvgIpc) is 2.53. The van der Waals surface area contributed by atoms with Gasteiger partial charge in [-0.2, -0.15) is 0 Å². The number of benzene rings is 2. The SMILES string of the molecule is O=C(O)CN(c1ccccc1)C1CCOc2ccccc21. The molecule has 1 N–H and O–H groups in total. The molecule has 0 aromatic heterocycles. The van der Waals surface area contributed by atoms with Crippen molar-refractivity contribution in [3.63, 3.8) is 0 Å². The summed E-state index contributed by atoms with van der Waals surface area (Å²) in [6, 6.07) is 17.5. The molecule has 4 heteroatoms. The highest BCUT2D eigenvalue weighted by molar-refractivity contribution is 5.74. The van der Waals surface area contributed by atoms with E-state index in [0.717, 1.165) is 23.4 Å². The number of ether oxygens (including phenoxy) is 1. The van der Waals surface area contributed by atoms with Crippen LogP contribution in [0.1, 0.15) is 18.0 Å². The molecule has 1 unspecified atom stereocenters. The summed E-state index contributed by atoms with van der Waals surface area (Å²) in [6.45, 7) is 0.577. The third-order valence-electron chi connectivity index (χ3n) is 3.70. The molecule has 0 aliphatic carbocycles. The maximum atomic E-state index is 11.3. The number of rotatable bonds is 4. The number of fused-ring (bicyclic) bond motifs is 1. The Kier molecular flexibility index (Phi) is 3.77. The molecular weight excluding hydrogens is 266 g/mol. The molecule has 2 aromatic carbocycles. The number of carbonyl (C=O) groups is 1. The molecule has 0 amide bonds. The fourth-order valence-electron chi connectivity index (χ4n) is 2.79. The molecule has 3 rings (SSSR count). The molecule has 0 saturated carbocycles. The topological polar surface area (TPSA) is 49.8 Å². The van der Waals surface area contributed by atoms with Crippen molar-refractivity contribution in [2.24, 2.45) is 0 Å². The van der Waals surface area contributed by atoms with Crippen molar-refractivity contribution in [3.05, 3.63) is 60.2 Å². The van der Waals surface area contributed by atoms with Crippen LogP contribution in [0.3, 0.4) is 0 Å². The Morgan fingerprint density at radius 1 is 1.14 bits per heavy atom. The largest absolute Gasteiger partial charge is 0.493 e. The number of carboxylic acids is 1. The van der Waals surface area contributed by atoms with Crippen LogP contribution in [0.15, 0.2) is 54.6 Å². The van der Waals surface area contributed by atoms with Crippen LogP contribution in [0.5, 0.6) is 5.75 Å². The van der Waals surface area contributed by atoms with E-state index in [4.69, 9.17) is 4.74 Å². The zero-order valence-electron chi connectivity index (χ0n) is 11.6. The lowest BCUT2D eigenvalue weighted by Crippen LogP contribution is -2.36. The first-order valence-electron chi connectivity index (χ1n) is 7.01. The summed E-state index contributed by atoms with van der Waals surface area (Å²) in [7, 11) is 0. The van der Waals surface area contributed by atoms with Gasteiger partial charge in [0.2, 0.25) is 0 Å². The second-order valence-corrected chi connectivity index (χ2v) is 5.05. The van der Waals surface area contributed by atoms with Crippen LogP contribution in [-0.2, 0) is 4.79 Å². The first-order chi connectivity index (χ1) is 10.3. The molecule has 0 bridgehead atoms. The monoisotopic (exact) mass is 283 g/mol. The van der Waals surface area contributed by atoms with E-state index < -0.39 is 5.97 Å². The molecular formula is C17H17NO3. The Morgan fingerprint density at radius 3 is 2.62 bits per heavy atom. The normalized spacial score (nSPS) is 16.7. The molecule has 0 spiro atoms. The smallest absolute Gasteiger partial charge is 0.323 e. The minimum atomic E-state index is -0.831. The van der Waals surface area contributed by atoms with E-state index in [1.54, 1.807) is 0 Å². The predicted octanol–water partition coefficient (Wildman–Crippen LogP) is 3.10. The van der Waals surface area contributed by atoms with E-state index >= 15 is 0 Å². The zero-order valence-corrected chi connectivity index (χ0v) is 11.6. The standard InChI is InChI=1S/C17H17NO3/c19-17(20)12-18(13-6-2-1-3-7-13)15-10-11-21-16-9-5-4-8-14(15)16/h1-9,15H,10-12H2,(H,19,20). The van der Waals surface area contributed by atoms with Gasteiger partial charge in [0.15, 0.2) is 0 Å². The molecule has 21 heavy (non-hydrogen) atoms. The van der Waals surface area contributed by atoms with Crippen molar-refractivity contribution in [2.45, 2.75) is 12.5 Å². The number of hydrogen-bond donors (Lipinski definition) is 1. The van der Waals surface area contributed by atoms with Gasteiger partial charge in [-0.05, 0) is 18.2 Å². The number of para-hydroxylation sites is 2. The zero-order chi connectivity index (χ0) is 14.7. The van der Waals surface area contributed by atoms with Crippen molar-refractivity contribution in [2.75, 3.05) is 18.1 Å². The van der Waals surface area contributed by atoms with Gasteiger partial charge >= 0.3 is 5.97 Å². The Morgan fingerprint density at radius 2 is 1.86 bits per heavy atom. The summed E-state index contributed by atoms with van der Waals surface area (Å²) in [5.74, 6) is 0.0166. The van der Waals surface area contributed by atoms with Gasteiger partial charge in [-0.25, -0.2) is 0 Å². The molecule has 0 radical (unpaired) electrons. The first-order valence-corrected chi connectivity index (χ1v) is 7.01. The van der Waals surface area contributed by atoms with E-state index in [-0.39, 0.29) is 12.6 Å². The maximum Gasteiger partial charge on any atom is 0.323 e. The van der Waals surface area contributed by atoms with Crippen LogP contribution in [0.4, 0.5) is 5.69 Å². The molecule has 0 fully saturated rings. The van der Waals surface area contributed by atoms with E-state index in [1.807, 2.05) is 59.5 Å². The summed E-state index contributed by atoms with van der Waals surface area (Å²) >= 11 is 0. The molecule has 0 saturated heterocycles. The number of nitrogens with zero attached hydrogens (tertiary/aromatic N) is 1. The van der Waals surface area contributed by atoms with Gasteiger partial charge in [-0.15, -0.1) is 0 Å². The minimum Gasteiger partial charge on any atom is -0.493 e. The second kappa shape index (κ2) is 5.87. The Bertz CT molecular complexity index is 627. The Labute approximate surface area is 123 Å². The highest BCUT2D eigenvalue weighted by Crippen LogP contribution is 2.37. The van der Waals surface area contributed by atoms with E-state index in [1.165, 1.54) is 0 Å². The molecule has 1 atom stereocenters. The van der Waals surface area contributed by atoms with Crippen LogP contribution >= 0.6 is 0 Å². The Hall–Kier alpha value is -2.49. The second-order valence-electron chi connectivity index (χ2n) is 5.05. The average molecular weight is 283 g/mol. The van der Waals surface area contributed by atoms with Crippen LogP contribution in [0.2, 0.25) is 0 Å². The predicted molar refractivity (Wildman–Crippen MR) is 80.7 cm³/mol. The van der Waals surface area contributed by atoms with Gasteiger partial charge in [-0.1, -0.05) is 36.4 Å². The van der Waals surface area contributed by atoms with Crippen LogP contribution in [0.25, 0.3) is 0 Å². The van der Waals surface area contributed by atoms with Crippen LogP contribution < -0.4 is 9.64 Å². The number of hydrogen-bond acceptors (Lipinski definition) is 3. The van der Waals surface area contributed by atoms with Crippen molar-refractivity contribution in [3.8, 4) is 5.75 Å². The fourth-order valence-corrected chi connectivity index (χ4v) is 2.79. The molecule has 1 heterocycles. The van der Waals surface area contributed by atoms with Gasteiger partial charge < -0.3 is 14.7 Å². The molecule has 1 aliphatic heterocycles. The van der Waals surface area contributed by atoms with E-state index in [9.17, 15) is 9.90 Å². The van der Waals surface area contributed by atoms with Crippen molar-refractivity contribution in [1.82, 2.24) is 0 Å². The van der Waals surface area contributed by atoms with Crippen molar-refractivity contribution in [1.29, 1.82) is 0 Å². The lowest BCUT2D eigenvalue weighted by atomic mass is 9.98. The quantitative estimate of drug-likeness (QED) is 0.936. The summed E-state index contributed by atoms with van der Waals surface area (Å²) in [5, 5.41) is 9.25. The maximum absolute atomic E-state index is 11.3. The molecule has 108 valence electrons. The summed E-state index contributed by atoms with van der Waals surface area (Å²) in [5.41, 5.74) is 1.97. The highest BCUT2D eigenvalue weighted by atomic mass is 16.5. The highest BCUT2D eigenvalue weighted by Gasteiger charge is 2.28.